The quantitative estimate of drug-likeness (QED) is 0.912. The first-order valence-corrected chi connectivity index (χ1v) is 6.88. The van der Waals surface area contributed by atoms with Gasteiger partial charge in [0.15, 0.2) is 0 Å². The van der Waals surface area contributed by atoms with Gasteiger partial charge in [-0.2, -0.15) is 0 Å². The van der Waals surface area contributed by atoms with E-state index >= 15 is 0 Å². The van der Waals surface area contributed by atoms with E-state index in [1.165, 1.54) is 0 Å². The number of hydrogen-bond acceptors (Lipinski definition) is 3. The Labute approximate surface area is 113 Å². The minimum Gasteiger partial charge on any atom is -0.392 e. The number of aliphatic hydroxyl groups excluding tert-OH is 1. The van der Waals surface area contributed by atoms with Gasteiger partial charge in [-0.15, -0.1) is 0 Å². The van der Waals surface area contributed by atoms with Crippen molar-refractivity contribution in [3.8, 4) is 0 Å². The second-order valence-electron chi connectivity index (χ2n) is 4.60. The third kappa shape index (κ3) is 3.16. The molecular formula is C14H20ClNO2. The SMILES string of the molecule is CCOC1CCCN(c2ccc(CO)c(Cl)c2)C1. The molecule has 2 rings (SSSR count). The van der Waals surface area contributed by atoms with Crippen LogP contribution in [0, 0.1) is 0 Å². The summed E-state index contributed by atoms with van der Waals surface area (Å²) in [6.07, 6.45) is 2.59. The van der Waals surface area contributed by atoms with Crippen LogP contribution >= 0.6 is 11.6 Å². The number of halogens is 1. The zero-order chi connectivity index (χ0) is 13.0. The van der Waals surface area contributed by atoms with Crippen LogP contribution < -0.4 is 4.90 Å². The van der Waals surface area contributed by atoms with Crippen molar-refractivity contribution in [2.45, 2.75) is 32.5 Å². The average molecular weight is 270 g/mol. The summed E-state index contributed by atoms with van der Waals surface area (Å²) < 4.78 is 5.70. The lowest BCUT2D eigenvalue weighted by atomic mass is 10.1. The van der Waals surface area contributed by atoms with E-state index in [9.17, 15) is 0 Å². The van der Waals surface area contributed by atoms with Gasteiger partial charge in [-0.1, -0.05) is 17.7 Å². The number of aliphatic hydroxyl groups is 1. The third-order valence-corrected chi connectivity index (χ3v) is 3.70. The predicted molar refractivity (Wildman–Crippen MR) is 74.2 cm³/mol. The highest BCUT2D eigenvalue weighted by Gasteiger charge is 2.20. The van der Waals surface area contributed by atoms with E-state index in [-0.39, 0.29) is 6.61 Å². The lowest BCUT2D eigenvalue weighted by Gasteiger charge is -2.34. The van der Waals surface area contributed by atoms with Gasteiger partial charge >= 0.3 is 0 Å². The zero-order valence-corrected chi connectivity index (χ0v) is 11.5. The Morgan fingerprint density at radius 2 is 2.33 bits per heavy atom. The summed E-state index contributed by atoms with van der Waals surface area (Å²) in [6.45, 7) is 4.75. The van der Waals surface area contributed by atoms with Crippen LogP contribution in [0.4, 0.5) is 5.69 Å². The molecule has 0 saturated carbocycles. The monoisotopic (exact) mass is 269 g/mol. The molecule has 4 heteroatoms. The largest absolute Gasteiger partial charge is 0.392 e. The van der Waals surface area contributed by atoms with Crippen molar-refractivity contribution in [2.75, 3.05) is 24.6 Å². The van der Waals surface area contributed by atoms with E-state index in [0.29, 0.717) is 11.1 Å². The number of piperidine rings is 1. The highest BCUT2D eigenvalue weighted by atomic mass is 35.5. The van der Waals surface area contributed by atoms with Crippen LogP contribution in [-0.4, -0.2) is 30.9 Å². The lowest BCUT2D eigenvalue weighted by Crippen LogP contribution is -2.39. The van der Waals surface area contributed by atoms with Gasteiger partial charge in [0.25, 0.3) is 0 Å². The number of benzene rings is 1. The normalized spacial score (nSPS) is 20.2. The second kappa shape index (κ2) is 6.41. The Hall–Kier alpha value is -0.770. The van der Waals surface area contributed by atoms with Gasteiger partial charge in [0.1, 0.15) is 0 Å². The zero-order valence-electron chi connectivity index (χ0n) is 10.7. The number of hydrogen-bond donors (Lipinski definition) is 1. The predicted octanol–water partition coefficient (Wildman–Crippen LogP) is 2.84. The lowest BCUT2D eigenvalue weighted by molar-refractivity contribution is 0.0527. The summed E-state index contributed by atoms with van der Waals surface area (Å²) in [5.74, 6) is 0. The van der Waals surface area contributed by atoms with Crippen LogP contribution in [0.2, 0.25) is 5.02 Å². The average Bonchev–Trinajstić information content (AvgIpc) is 2.39. The van der Waals surface area contributed by atoms with E-state index in [4.69, 9.17) is 21.4 Å². The number of rotatable bonds is 4. The van der Waals surface area contributed by atoms with Crippen molar-refractivity contribution in [3.63, 3.8) is 0 Å². The number of nitrogens with zero attached hydrogens (tertiary/aromatic N) is 1. The van der Waals surface area contributed by atoms with Crippen molar-refractivity contribution in [3.05, 3.63) is 28.8 Å². The van der Waals surface area contributed by atoms with Gasteiger partial charge in [-0.3, -0.25) is 0 Å². The molecule has 1 aliphatic rings. The molecule has 1 heterocycles. The van der Waals surface area contributed by atoms with Gasteiger partial charge in [-0.05, 0) is 37.5 Å². The molecule has 1 aliphatic heterocycles. The number of ether oxygens (including phenoxy) is 1. The fourth-order valence-electron chi connectivity index (χ4n) is 2.41. The first-order valence-electron chi connectivity index (χ1n) is 6.50. The Kier molecular flexibility index (Phi) is 4.87. The molecule has 0 radical (unpaired) electrons. The fraction of sp³-hybridized carbons (Fsp3) is 0.571. The van der Waals surface area contributed by atoms with Gasteiger partial charge in [0, 0.05) is 30.4 Å². The van der Waals surface area contributed by atoms with E-state index in [1.807, 2.05) is 25.1 Å². The van der Waals surface area contributed by atoms with Crippen LogP contribution in [0.25, 0.3) is 0 Å². The summed E-state index contributed by atoms with van der Waals surface area (Å²) in [5, 5.41) is 9.75. The fourth-order valence-corrected chi connectivity index (χ4v) is 2.64. The molecule has 1 aromatic carbocycles. The van der Waals surface area contributed by atoms with Crippen LogP contribution in [0.3, 0.4) is 0 Å². The Bertz CT molecular complexity index is 395. The maximum absolute atomic E-state index is 9.11. The molecule has 0 spiro atoms. The topological polar surface area (TPSA) is 32.7 Å². The van der Waals surface area contributed by atoms with E-state index in [0.717, 1.165) is 43.8 Å². The van der Waals surface area contributed by atoms with Crippen LogP contribution in [0.1, 0.15) is 25.3 Å². The minimum atomic E-state index is -0.0132. The summed E-state index contributed by atoms with van der Waals surface area (Å²) in [4.78, 5) is 2.30. The molecule has 1 saturated heterocycles. The van der Waals surface area contributed by atoms with Gasteiger partial charge in [0.2, 0.25) is 0 Å². The molecule has 100 valence electrons. The molecule has 18 heavy (non-hydrogen) atoms. The maximum atomic E-state index is 9.11. The standard InChI is InChI=1S/C14H20ClNO2/c1-2-18-13-4-3-7-16(9-13)12-6-5-11(10-17)14(15)8-12/h5-6,8,13,17H,2-4,7,9-10H2,1H3. The molecule has 1 unspecified atom stereocenters. The molecule has 1 N–H and O–H groups in total. The summed E-state index contributed by atoms with van der Waals surface area (Å²) >= 11 is 6.13. The highest BCUT2D eigenvalue weighted by Crippen LogP contribution is 2.26. The van der Waals surface area contributed by atoms with Crippen molar-refractivity contribution in [1.29, 1.82) is 0 Å². The molecule has 0 aliphatic carbocycles. The molecule has 1 fully saturated rings. The summed E-state index contributed by atoms with van der Waals surface area (Å²) in [6, 6.07) is 5.84. The Morgan fingerprint density at radius 1 is 1.50 bits per heavy atom. The van der Waals surface area contributed by atoms with Crippen molar-refractivity contribution in [1.82, 2.24) is 0 Å². The van der Waals surface area contributed by atoms with Crippen LogP contribution in [-0.2, 0) is 11.3 Å². The highest BCUT2D eigenvalue weighted by molar-refractivity contribution is 6.31. The van der Waals surface area contributed by atoms with Crippen molar-refractivity contribution >= 4 is 17.3 Å². The van der Waals surface area contributed by atoms with Crippen molar-refractivity contribution in [2.24, 2.45) is 0 Å². The second-order valence-corrected chi connectivity index (χ2v) is 5.01. The Balaban J connectivity index is 2.08. The van der Waals surface area contributed by atoms with Gasteiger partial charge in [0.05, 0.1) is 12.7 Å². The first-order chi connectivity index (χ1) is 8.74. The molecule has 0 amide bonds. The maximum Gasteiger partial charge on any atom is 0.0750 e. The minimum absolute atomic E-state index is 0.0132. The third-order valence-electron chi connectivity index (χ3n) is 3.35. The van der Waals surface area contributed by atoms with Gasteiger partial charge < -0.3 is 14.7 Å². The van der Waals surface area contributed by atoms with Crippen molar-refractivity contribution < 1.29 is 9.84 Å². The molecular weight excluding hydrogens is 250 g/mol. The van der Waals surface area contributed by atoms with E-state index < -0.39 is 0 Å². The van der Waals surface area contributed by atoms with Crippen LogP contribution in [0.15, 0.2) is 18.2 Å². The smallest absolute Gasteiger partial charge is 0.0750 e. The number of anilines is 1. The molecule has 1 aromatic rings. The van der Waals surface area contributed by atoms with E-state index in [1.54, 1.807) is 0 Å². The van der Waals surface area contributed by atoms with Gasteiger partial charge in [-0.25, -0.2) is 0 Å². The molecule has 3 nitrogen and oxygen atoms in total. The Morgan fingerprint density at radius 3 is 3.00 bits per heavy atom. The molecule has 0 bridgehead atoms. The molecule has 1 atom stereocenters. The summed E-state index contributed by atoms with van der Waals surface area (Å²) in [5.41, 5.74) is 1.89. The summed E-state index contributed by atoms with van der Waals surface area (Å²) in [7, 11) is 0. The molecule has 0 aromatic heterocycles. The first kappa shape index (κ1) is 13.7. The van der Waals surface area contributed by atoms with E-state index in [2.05, 4.69) is 4.90 Å². The van der Waals surface area contributed by atoms with Crippen LogP contribution in [0.5, 0.6) is 0 Å².